The Balaban J connectivity index is 2.06. The minimum Gasteiger partial charge on any atom is -0.462 e. The molecule has 1 saturated heterocycles. The van der Waals surface area contributed by atoms with E-state index < -0.39 is 16.0 Å². The molecule has 1 heterocycles. The normalized spacial score (nSPS) is 16.2. The third-order valence-electron chi connectivity index (χ3n) is 5.17. The monoisotopic (exact) mass is 424 g/mol. The number of nitrogens with zero attached hydrogens (tertiary/aromatic N) is 2. The summed E-state index contributed by atoms with van der Waals surface area (Å²) < 4.78 is 32.2. The lowest BCUT2D eigenvalue weighted by atomic mass is 9.95. The first-order chi connectivity index (χ1) is 13.6. The second kappa shape index (κ2) is 9.71. The average molecular weight is 425 g/mol. The van der Waals surface area contributed by atoms with Gasteiger partial charge in [-0.25, -0.2) is 13.2 Å². The molecule has 0 saturated carbocycles. The Morgan fingerprint density at radius 1 is 1.07 bits per heavy atom. The first-order valence-corrected chi connectivity index (χ1v) is 11.6. The van der Waals surface area contributed by atoms with E-state index in [1.807, 2.05) is 32.6 Å². The predicted octanol–water partition coefficient (Wildman–Crippen LogP) is 2.91. The van der Waals surface area contributed by atoms with Gasteiger partial charge in [-0.1, -0.05) is 0 Å². The maximum Gasteiger partial charge on any atom is 0.338 e. The number of esters is 1. The Kier molecular flexibility index (Phi) is 7.82. The Labute approximate surface area is 174 Å². The Hall–Kier alpha value is -1.93. The molecule has 0 aliphatic carbocycles. The van der Waals surface area contributed by atoms with E-state index in [0.29, 0.717) is 31.5 Å². The lowest BCUT2D eigenvalue weighted by molar-refractivity contribution is -0.140. The molecule has 29 heavy (non-hydrogen) atoms. The Morgan fingerprint density at radius 3 is 2.03 bits per heavy atom. The molecule has 2 rings (SSSR count). The van der Waals surface area contributed by atoms with Crippen molar-refractivity contribution in [2.24, 2.45) is 5.92 Å². The van der Waals surface area contributed by atoms with Crippen LogP contribution in [0.1, 0.15) is 57.8 Å². The van der Waals surface area contributed by atoms with Crippen LogP contribution in [0, 0.1) is 5.92 Å². The molecular weight excluding hydrogens is 392 g/mol. The van der Waals surface area contributed by atoms with Crippen molar-refractivity contribution in [3.8, 4) is 0 Å². The highest BCUT2D eigenvalue weighted by atomic mass is 32.2. The number of amides is 1. The van der Waals surface area contributed by atoms with E-state index in [0.717, 1.165) is 0 Å². The van der Waals surface area contributed by atoms with Gasteiger partial charge in [-0.05, 0) is 71.7 Å². The molecule has 0 radical (unpaired) electrons. The second-order valence-corrected chi connectivity index (χ2v) is 9.79. The third kappa shape index (κ3) is 5.36. The number of carbonyl (C=O) groups is 2. The van der Waals surface area contributed by atoms with Crippen LogP contribution in [0.3, 0.4) is 0 Å². The molecule has 0 atom stereocenters. The van der Waals surface area contributed by atoms with Crippen LogP contribution < -0.4 is 0 Å². The van der Waals surface area contributed by atoms with Crippen molar-refractivity contribution >= 4 is 21.9 Å². The molecule has 1 aromatic carbocycles. The van der Waals surface area contributed by atoms with Gasteiger partial charge in [0, 0.05) is 31.1 Å². The molecule has 0 spiro atoms. The fraction of sp³-hybridized carbons (Fsp3) is 0.619. The van der Waals surface area contributed by atoms with Gasteiger partial charge in [0.2, 0.25) is 15.9 Å². The fourth-order valence-corrected chi connectivity index (χ4v) is 5.26. The minimum atomic E-state index is -3.66. The molecule has 0 N–H and O–H groups in total. The van der Waals surface area contributed by atoms with Gasteiger partial charge >= 0.3 is 5.97 Å². The Bertz CT molecular complexity index is 802. The van der Waals surface area contributed by atoms with E-state index in [2.05, 4.69) is 0 Å². The van der Waals surface area contributed by atoms with Gasteiger partial charge in [0.15, 0.2) is 0 Å². The van der Waals surface area contributed by atoms with Gasteiger partial charge < -0.3 is 9.64 Å². The summed E-state index contributed by atoms with van der Waals surface area (Å²) in [5.41, 5.74) is 0.317. The van der Waals surface area contributed by atoms with Crippen molar-refractivity contribution in [3.05, 3.63) is 29.8 Å². The van der Waals surface area contributed by atoms with E-state index in [-0.39, 0.29) is 35.4 Å². The zero-order chi connectivity index (χ0) is 21.8. The summed E-state index contributed by atoms with van der Waals surface area (Å²) in [5, 5.41) is 0. The number of sulfonamides is 1. The largest absolute Gasteiger partial charge is 0.462 e. The number of ether oxygens (including phenoxy) is 1. The number of rotatable bonds is 7. The van der Waals surface area contributed by atoms with Crippen molar-refractivity contribution in [2.75, 3.05) is 19.7 Å². The highest BCUT2D eigenvalue weighted by molar-refractivity contribution is 7.89. The first-order valence-electron chi connectivity index (χ1n) is 10.2. The van der Waals surface area contributed by atoms with Crippen molar-refractivity contribution in [2.45, 2.75) is 64.4 Å². The van der Waals surface area contributed by atoms with Crippen molar-refractivity contribution in [1.29, 1.82) is 0 Å². The van der Waals surface area contributed by atoms with Gasteiger partial charge in [0.1, 0.15) is 0 Å². The predicted molar refractivity (Wildman–Crippen MR) is 111 cm³/mol. The van der Waals surface area contributed by atoms with Crippen molar-refractivity contribution in [3.63, 3.8) is 0 Å². The lowest BCUT2D eigenvalue weighted by Crippen LogP contribution is -2.48. The second-order valence-electron chi connectivity index (χ2n) is 7.86. The van der Waals surface area contributed by atoms with Crippen molar-refractivity contribution < 1.29 is 22.7 Å². The van der Waals surface area contributed by atoms with Crippen LogP contribution >= 0.6 is 0 Å². The molecule has 1 aromatic rings. The topological polar surface area (TPSA) is 84.0 Å². The molecular formula is C21H32N2O5S. The minimum absolute atomic E-state index is 0.103. The van der Waals surface area contributed by atoms with Gasteiger partial charge in [-0.2, -0.15) is 4.31 Å². The summed E-state index contributed by atoms with van der Waals surface area (Å²) in [4.78, 5) is 26.6. The summed E-state index contributed by atoms with van der Waals surface area (Å²) >= 11 is 0. The molecule has 1 fully saturated rings. The SMILES string of the molecule is CCOC(=O)c1ccc(S(=O)(=O)N2CCC(C(=O)N(C(C)C)C(C)C)CC2)cc1. The highest BCUT2D eigenvalue weighted by Crippen LogP contribution is 2.26. The zero-order valence-corrected chi connectivity index (χ0v) is 18.7. The fourth-order valence-electron chi connectivity index (χ4n) is 3.79. The average Bonchev–Trinajstić information content (AvgIpc) is 2.67. The van der Waals surface area contributed by atoms with Crippen LogP contribution in [0.2, 0.25) is 0 Å². The molecule has 1 aliphatic heterocycles. The standard InChI is InChI=1S/C21H32N2O5S/c1-6-28-21(25)18-7-9-19(10-8-18)29(26,27)22-13-11-17(12-14-22)20(24)23(15(2)3)16(4)5/h7-10,15-17H,6,11-14H2,1-5H3. The summed E-state index contributed by atoms with van der Waals surface area (Å²) in [7, 11) is -3.66. The van der Waals surface area contributed by atoms with Crippen LogP contribution in [0.15, 0.2) is 29.2 Å². The van der Waals surface area contributed by atoms with Crippen molar-refractivity contribution in [1.82, 2.24) is 9.21 Å². The number of piperidine rings is 1. The van der Waals surface area contributed by atoms with Crippen LogP contribution in [0.5, 0.6) is 0 Å². The van der Waals surface area contributed by atoms with E-state index in [1.54, 1.807) is 6.92 Å². The molecule has 1 aliphatic rings. The quantitative estimate of drug-likeness (QED) is 0.629. The van der Waals surface area contributed by atoms with Crippen LogP contribution in [-0.4, -0.2) is 61.3 Å². The maximum absolute atomic E-state index is 12.9. The van der Waals surface area contributed by atoms with E-state index >= 15 is 0 Å². The van der Waals surface area contributed by atoms with Crippen LogP contribution in [-0.2, 0) is 19.6 Å². The van der Waals surface area contributed by atoms with Gasteiger partial charge in [0.05, 0.1) is 17.1 Å². The third-order valence-corrected chi connectivity index (χ3v) is 7.09. The van der Waals surface area contributed by atoms with Crippen LogP contribution in [0.25, 0.3) is 0 Å². The van der Waals surface area contributed by atoms with E-state index in [1.165, 1.54) is 28.6 Å². The highest BCUT2D eigenvalue weighted by Gasteiger charge is 2.35. The molecule has 1 amide bonds. The smallest absolute Gasteiger partial charge is 0.338 e. The molecule has 7 nitrogen and oxygen atoms in total. The van der Waals surface area contributed by atoms with E-state index in [4.69, 9.17) is 4.74 Å². The number of benzene rings is 1. The van der Waals surface area contributed by atoms with Gasteiger partial charge in [-0.3, -0.25) is 4.79 Å². The molecule has 162 valence electrons. The van der Waals surface area contributed by atoms with Gasteiger partial charge in [0.25, 0.3) is 0 Å². The number of hydrogen-bond acceptors (Lipinski definition) is 5. The molecule has 0 aromatic heterocycles. The molecule has 8 heteroatoms. The summed E-state index contributed by atoms with van der Waals surface area (Å²) in [6.45, 7) is 10.6. The number of carbonyl (C=O) groups excluding carboxylic acids is 2. The Morgan fingerprint density at radius 2 is 1.59 bits per heavy atom. The van der Waals surface area contributed by atoms with Crippen LogP contribution in [0.4, 0.5) is 0 Å². The van der Waals surface area contributed by atoms with E-state index in [9.17, 15) is 18.0 Å². The summed E-state index contributed by atoms with van der Waals surface area (Å²) in [5.74, 6) is -0.529. The first kappa shape index (κ1) is 23.3. The van der Waals surface area contributed by atoms with Gasteiger partial charge in [-0.15, -0.1) is 0 Å². The molecule has 0 bridgehead atoms. The zero-order valence-electron chi connectivity index (χ0n) is 17.9. The summed E-state index contributed by atoms with van der Waals surface area (Å²) in [6.07, 6.45) is 1.02. The lowest BCUT2D eigenvalue weighted by Gasteiger charge is -2.37. The number of hydrogen-bond donors (Lipinski definition) is 0. The maximum atomic E-state index is 12.9. The summed E-state index contributed by atoms with van der Waals surface area (Å²) in [6, 6.07) is 6.01. The molecule has 0 unspecified atom stereocenters.